The number of likely N-dealkylation sites (tertiary alicyclic amines) is 1. The van der Waals surface area contributed by atoms with Crippen LogP contribution in [0.15, 0.2) is 30.5 Å². The van der Waals surface area contributed by atoms with Crippen LogP contribution in [0.5, 0.6) is 0 Å². The number of aromatic nitrogens is 1. The second-order valence-corrected chi connectivity index (χ2v) is 8.55. The molecule has 2 aromatic rings. The molecule has 12 heteroatoms. The fraction of sp³-hybridized carbons (Fsp3) is 0.455. The smallest absolute Gasteiger partial charge is 0.326 e. The molecule has 1 aliphatic heterocycles. The van der Waals surface area contributed by atoms with Gasteiger partial charge in [0.1, 0.15) is 18.1 Å². The number of para-hydroxylation sites is 1. The maximum atomic E-state index is 13.4. The number of fused-ring (bicyclic) bond motifs is 1. The molecule has 0 spiro atoms. The first kappa shape index (κ1) is 25.5. The molecule has 1 aromatic carbocycles. The van der Waals surface area contributed by atoms with Gasteiger partial charge in [-0.05, 0) is 24.5 Å². The molecule has 1 aliphatic rings. The summed E-state index contributed by atoms with van der Waals surface area (Å²) in [5.74, 6) is -3.07. The molecule has 0 aliphatic carbocycles. The average molecular weight is 492 g/mol. The van der Waals surface area contributed by atoms with Crippen molar-refractivity contribution in [1.29, 1.82) is 0 Å². The maximum absolute atomic E-state index is 13.4. The Morgan fingerprint density at radius 1 is 1.18 bits per heavy atom. The molecule has 3 amide bonds. The van der Waals surface area contributed by atoms with Gasteiger partial charge in [-0.2, -0.15) is 12.6 Å². The second-order valence-electron chi connectivity index (χ2n) is 8.19. The van der Waals surface area contributed by atoms with Gasteiger partial charge in [0.05, 0.1) is 12.6 Å². The number of carboxylic acid groups (broad SMARTS) is 1. The van der Waals surface area contributed by atoms with Crippen LogP contribution in [0.25, 0.3) is 10.9 Å². The van der Waals surface area contributed by atoms with Gasteiger partial charge in [0.15, 0.2) is 0 Å². The fourth-order valence-corrected chi connectivity index (χ4v) is 4.20. The molecule has 0 saturated carbocycles. The van der Waals surface area contributed by atoms with Crippen molar-refractivity contribution in [3.05, 3.63) is 36.0 Å². The number of nitrogens with one attached hydrogen (secondary N) is 3. The van der Waals surface area contributed by atoms with Gasteiger partial charge in [-0.1, -0.05) is 18.2 Å². The van der Waals surface area contributed by atoms with E-state index >= 15 is 0 Å². The highest BCUT2D eigenvalue weighted by Crippen LogP contribution is 2.22. The first-order valence-electron chi connectivity index (χ1n) is 10.9. The zero-order valence-electron chi connectivity index (χ0n) is 18.4. The van der Waals surface area contributed by atoms with Gasteiger partial charge in [0.25, 0.3) is 0 Å². The van der Waals surface area contributed by atoms with Crippen molar-refractivity contribution in [1.82, 2.24) is 20.5 Å². The van der Waals surface area contributed by atoms with E-state index in [1.807, 2.05) is 24.3 Å². The normalized spacial score (nSPS) is 18.3. The molecule has 0 radical (unpaired) electrons. The Bertz CT molecular complexity index is 1060. The van der Waals surface area contributed by atoms with E-state index < -0.39 is 54.5 Å². The number of hydrogen-bond donors (Lipinski definition) is 7. The number of carboxylic acids is 1. The lowest BCUT2D eigenvalue weighted by Crippen LogP contribution is -2.58. The van der Waals surface area contributed by atoms with Crippen molar-refractivity contribution in [2.75, 3.05) is 18.9 Å². The lowest BCUT2D eigenvalue weighted by molar-refractivity contribution is -0.149. The highest BCUT2D eigenvalue weighted by molar-refractivity contribution is 7.80. The SMILES string of the molecule is NC(CS)C(=O)NC(CO)C(=O)NC(Cc1c[nH]c2ccccc12)C(=O)N1CCCC1C(=O)O. The van der Waals surface area contributed by atoms with E-state index in [1.165, 1.54) is 4.90 Å². The van der Waals surface area contributed by atoms with E-state index in [2.05, 4.69) is 28.2 Å². The number of nitrogens with two attached hydrogens (primary N) is 1. The van der Waals surface area contributed by atoms with Crippen molar-refractivity contribution >= 4 is 47.2 Å². The molecule has 0 bridgehead atoms. The number of nitrogens with zero attached hydrogens (tertiary/aromatic N) is 1. The summed E-state index contributed by atoms with van der Waals surface area (Å²) in [5.41, 5.74) is 7.22. The van der Waals surface area contributed by atoms with Crippen LogP contribution in [0.2, 0.25) is 0 Å². The zero-order valence-corrected chi connectivity index (χ0v) is 19.3. The van der Waals surface area contributed by atoms with Gasteiger partial charge in [-0.3, -0.25) is 14.4 Å². The van der Waals surface area contributed by atoms with E-state index in [0.717, 1.165) is 16.5 Å². The predicted octanol–water partition coefficient (Wildman–Crippen LogP) is -0.995. The van der Waals surface area contributed by atoms with E-state index in [1.54, 1.807) is 6.20 Å². The molecule has 1 saturated heterocycles. The summed E-state index contributed by atoms with van der Waals surface area (Å²) >= 11 is 3.94. The summed E-state index contributed by atoms with van der Waals surface area (Å²) in [6.45, 7) is -0.459. The molecule has 4 unspecified atom stereocenters. The number of benzene rings is 1. The van der Waals surface area contributed by atoms with Gasteiger partial charge >= 0.3 is 5.97 Å². The van der Waals surface area contributed by atoms with Crippen LogP contribution in [0.4, 0.5) is 0 Å². The molecular formula is C22H29N5O6S. The van der Waals surface area contributed by atoms with E-state index in [9.17, 15) is 29.4 Å². The summed E-state index contributed by atoms with van der Waals surface area (Å²) in [7, 11) is 0. The summed E-state index contributed by atoms with van der Waals surface area (Å²) in [5, 5.41) is 25.0. The number of thiol groups is 1. The minimum atomic E-state index is -1.34. The Morgan fingerprint density at radius 3 is 2.56 bits per heavy atom. The van der Waals surface area contributed by atoms with Gasteiger partial charge in [0.2, 0.25) is 17.7 Å². The molecule has 34 heavy (non-hydrogen) atoms. The van der Waals surface area contributed by atoms with Crippen LogP contribution in [-0.2, 0) is 25.6 Å². The Labute approximate surface area is 201 Å². The number of carbonyl (C=O) groups is 4. The van der Waals surface area contributed by atoms with Crippen molar-refractivity contribution in [2.45, 2.75) is 43.4 Å². The Hall–Kier alpha value is -3.09. The number of aliphatic hydroxyl groups excluding tert-OH is 1. The number of amides is 3. The van der Waals surface area contributed by atoms with Crippen molar-refractivity contribution in [3.8, 4) is 0 Å². The van der Waals surface area contributed by atoms with Gasteiger partial charge < -0.3 is 36.5 Å². The summed E-state index contributed by atoms with van der Waals surface area (Å²) in [6, 6.07) is 3.04. The molecule has 1 fully saturated rings. The van der Waals surface area contributed by atoms with Gasteiger partial charge in [-0.15, -0.1) is 0 Å². The highest BCUT2D eigenvalue weighted by atomic mass is 32.1. The maximum Gasteiger partial charge on any atom is 0.326 e. The number of aliphatic hydroxyl groups is 1. The van der Waals surface area contributed by atoms with E-state index in [-0.39, 0.29) is 18.7 Å². The third-order valence-corrected chi connectivity index (χ3v) is 6.28. The first-order valence-corrected chi connectivity index (χ1v) is 11.6. The molecule has 184 valence electrons. The first-order chi connectivity index (χ1) is 16.3. The lowest BCUT2D eigenvalue weighted by atomic mass is 10.0. The zero-order chi connectivity index (χ0) is 24.8. The lowest BCUT2D eigenvalue weighted by Gasteiger charge is -2.28. The van der Waals surface area contributed by atoms with Crippen molar-refractivity contribution < 1.29 is 29.4 Å². The monoisotopic (exact) mass is 491 g/mol. The Kier molecular flexibility index (Phi) is 8.53. The molecule has 7 N–H and O–H groups in total. The van der Waals surface area contributed by atoms with Crippen LogP contribution in [-0.4, -0.2) is 86.9 Å². The molecule has 4 atom stereocenters. The van der Waals surface area contributed by atoms with Crippen LogP contribution < -0.4 is 16.4 Å². The third kappa shape index (κ3) is 5.69. The molecule has 11 nitrogen and oxygen atoms in total. The van der Waals surface area contributed by atoms with Crippen LogP contribution in [0, 0.1) is 0 Å². The van der Waals surface area contributed by atoms with Crippen molar-refractivity contribution in [2.24, 2.45) is 5.73 Å². The van der Waals surface area contributed by atoms with Crippen LogP contribution >= 0.6 is 12.6 Å². The molecule has 2 heterocycles. The third-order valence-electron chi connectivity index (χ3n) is 5.88. The van der Waals surface area contributed by atoms with Gasteiger partial charge in [-0.25, -0.2) is 4.79 Å². The fourth-order valence-electron chi connectivity index (χ4n) is 4.04. The highest BCUT2D eigenvalue weighted by Gasteiger charge is 2.38. The van der Waals surface area contributed by atoms with Crippen LogP contribution in [0.1, 0.15) is 18.4 Å². The average Bonchev–Trinajstić information content (AvgIpc) is 3.48. The minimum Gasteiger partial charge on any atom is -0.480 e. The molecule has 3 rings (SSSR count). The number of aliphatic carboxylic acids is 1. The summed E-state index contributed by atoms with van der Waals surface area (Å²) < 4.78 is 0. The number of H-pyrrole nitrogens is 1. The number of aromatic amines is 1. The van der Waals surface area contributed by atoms with E-state index in [0.29, 0.717) is 12.8 Å². The van der Waals surface area contributed by atoms with Crippen molar-refractivity contribution in [3.63, 3.8) is 0 Å². The quantitative estimate of drug-likeness (QED) is 0.208. The summed E-state index contributed by atoms with van der Waals surface area (Å²) in [4.78, 5) is 54.4. The Balaban J connectivity index is 1.84. The molecular weight excluding hydrogens is 462 g/mol. The Morgan fingerprint density at radius 2 is 1.88 bits per heavy atom. The standard InChI is InChI=1S/C22H29N5O6S/c23-14(11-34)19(29)26-17(10-28)20(30)25-16(21(31)27-7-3-6-18(27)22(32)33)8-12-9-24-15-5-2-1-4-13(12)15/h1-2,4-5,9,14,16-18,24,28,34H,3,6-8,10-11,23H2,(H,25,30)(H,26,29)(H,32,33). The van der Waals surface area contributed by atoms with E-state index in [4.69, 9.17) is 5.73 Å². The van der Waals surface area contributed by atoms with Gasteiger partial charge in [0, 0.05) is 35.8 Å². The number of rotatable bonds is 10. The predicted molar refractivity (Wildman–Crippen MR) is 127 cm³/mol. The summed E-state index contributed by atoms with van der Waals surface area (Å²) in [6.07, 6.45) is 2.67. The second kappa shape index (κ2) is 11.4. The number of hydrogen-bond acceptors (Lipinski definition) is 7. The van der Waals surface area contributed by atoms with Crippen LogP contribution in [0.3, 0.4) is 0 Å². The number of carbonyl (C=O) groups excluding carboxylic acids is 3. The largest absolute Gasteiger partial charge is 0.480 e. The molecule has 1 aromatic heterocycles. The minimum absolute atomic E-state index is 0.0405. The topological polar surface area (TPSA) is 178 Å².